The largest absolute Gasteiger partial charge is 0.385 e. The summed E-state index contributed by atoms with van der Waals surface area (Å²) >= 11 is 0. The molecule has 1 aromatic carbocycles. The number of rotatable bonds is 0. The van der Waals surface area contributed by atoms with Crippen molar-refractivity contribution in [2.45, 2.75) is 13.3 Å². The molecule has 0 aromatic heterocycles. The number of hydrogen-bond donors (Lipinski definition) is 1. The monoisotopic (exact) mass is 147 g/mol. The second kappa shape index (κ2) is 2.57. The molecule has 0 saturated carbocycles. The summed E-state index contributed by atoms with van der Waals surface area (Å²) in [7, 11) is 0. The van der Waals surface area contributed by atoms with Crippen molar-refractivity contribution in [1.82, 2.24) is 0 Å². The normalized spacial score (nSPS) is 22.1. The van der Waals surface area contributed by atoms with Gasteiger partial charge in [-0.25, -0.2) is 0 Å². The van der Waals surface area contributed by atoms with E-state index < -0.39 is 0 Å². The molecule has 1 N–H and O–H groups in total. The van der Waals surface area contributed by atoms with E-state index in [1.165, 1.54) is 17.7 Å². The smallest absolute Gasteiger partial charge is 0.0372 e. The highest BCUT2D eigenvalue weighted by atomic mass is 14.9. The second-order valence-corrected chi connectivity index (χ2v) is 3.35. The van der Waals surface area contributed by atoms with Crippen molar-refractivity contribution in [3.05, 3.63) is 29.8 Å². The Morgan fingerprint density at radius 2 is 2.18 bits per heavy atom. The summed E-state index contributed by atoms with van der Waals surface area (Å²) in [5, 5.41) is 3.41. The molecule has 1 heterocycles. The maximum absolute atomic E-state index is 3.41. The minimum atomic E-state index is 0.782. The van der Waals surface area contributed by atoms with Gasteiger partial charge in [-0.1, -0.05) is 25.1 Å². The van der Waals surface area contributed by atoms with Crippen LogP contribution < -0.4 is 5.32 Å². The molecule has 1 aromatic rings. The van der Waals surface area contributed by atoms with Gasteiger partial charge < -0.3 is 5.32 Å². The molecule has 2 rings (SSSR count). The third-order valence-corrected chi connectivity index (χ3v) is 2.23. The Kier molecular flexibility index (Phi) is 1.57. The fourth-order valence-electron chi connectivity index (χ4n) is 1.60. The Morgan fingerprint density at radius 1 is 1.36 bits per heavy atom. The van der Waals surface area contributed by atoms with Gasteiger partial charge in [0, 0.05) is 12.2 Å². The standard InChI is InChI=1S/C10H13N/c1-8-6-9-4-2-3-5-10(9)11-7-8/h2-5,8,11H,6-7H2,1H3/t8-/m1/s1. The molecule has 1 aliphatic heterocycles. The van der Waals surface area contributed by atoms with Crippen molar-refractivity contribution < 1.29 is 0 Å². The van der Waals surface area contributed by atoms with E-state index in [9.17, 15) is 0 Å². The third-order valence-electron chi connectivity index (χ3n) is 2.23. The maximum Gasteiger partial charge on any atom is 0.0372 e. The molecular formula is C10H13N. The molecule has 0 fully saturated rings. The number of nitrogens with one attached hydrogen (secondary N) is 1. The van der Waals surface area contributed by atoms with Crippen molar-refractivity contribution in [3.8, 4) is 0 Å². The number of benzene rings is 1. The minimum Gasteiger partial charge on any atom is -0.385 e. The molecule has 0 saturated heterocycles. The van der Waals surface area contributed by atoms with Crippen LogP contribution in [0.4, 0.5) is 5.69 Å². The van der Waals surface area contributed by atoms with Crippen LogP contribution in [0.3, 0.4) is 0 Å². The van der Waals surface area contributed by atoms with Gasteiger partial charge in [-0.05, 0) is 24.0 Å². The molecule has 0 amide bonds. The molecule has 11 heavy (non-hydrogen) atoms. The van der Waals surface area contributed by atoms with Gasteiger partial charge in [-0.3, -0.25) is 0 Å². The Bertz CT molecular complexity index is 255. The predicted molar refractivity (Wildman–Crippen MR) is 47.8 cm³/mol. The van der Waals surface area contributed by atoms with Gasteiger partial charge in [0.15, 0.2) is 0 Å². The summed E-state index contributed by atoms with van der Waals surface area (Å²) in [5.41, 5.74) is 2.79. The first-order valence-electron chi connectivity index (χ1n) is 4.18. The molecule has 1 heteroatoms. The quantitative estimate of drug-likeness (QED) is 0.593. The average Bonchev–Trinajstić information content (AvgIpc) is 2.04. The molecule has 1 aliphatic rings. The average molecular weight is 147 g/mol. The molecular weight excluding hydrogens is 134 g/mol. The fraction of sp³-hybridized carbons (Fsp3) is 0.400. The van der Waals surface area contributed by atoms with Crippen molar-refractivity contribution >= 4 is 5.69 Å². The zero-order valence-corrected chi connectivity index (χ0v) is 6.80. The first-order valence-corrected chi connectivity index (χ1v) is 4.18. The summed E-state index contributed by atoms with van der Waals surface area (Å²) in [6.07, 6.45) is 1.23. The lowest BCUT2D eigenvalue weighted by molar-refractivity contribution is 0.595. The van der Waals surface area contributed by atoms with Gasteiger partial charge in [0.2, 0.25) is 0 Å². The zero-order valence-electron chi connectivity index (χ0n) is 6.80. The van der Waals surface area contributed by atoms with Crippen LogP contribution in [-0.4, -0.2) is 6.54 Å². The highest BCUT2D eigenvalue weighted by Gasteiger charge is 2.12. The van der Waals surface area contributed by atoms with Crippen LogP contribution in [0.15, 0.2) is 24.3 Å². The number of anilines is 1. The van der Waals surface area contributed by atoms with Crippen LogP contribution in [0.1, 0.15) is 12.5 Å². The van der Waals surface area contributed by atoms with E-state index in [0.717, 1.165) is 12.5 Å². The lowest BCUT2D eigenvalue weighted by atomic mass is 9.96. The van der Waals surface area contributed by atoms with Gasteiger partial charge in [-0.2, -0.15) is 0 Å². The highest BCUT2D eigenvalue weighted by Crippen LogP contribution is 2.23. The Hall–Kier alpha value is -0.980. The molecule has 1 atom stereocenters. The molecule has 0 bridgehead atoms. The summed E-state index contributed by atoms with van der Waals surface area (Å²) in [6.45, 7) is 3.40. The van der Waals surface area contributed by atoms with E-state index in [2.05, 4.69) is 36.5 Å². The fourth-order valence-corrected chi connectivity index (χ4v) is 1.60. The number of para-hydroxylation sites is 1. The first kappa shape index (κ1) is 6.71. The third kappa shape index (κ3) is 1.23. The maximum atomic E-state index is 3.41. The van der Waals surface area contributed by atoms with E-state index in [1.54, 1.807) is 0 Å². The van der Waals surface area contributed by atoms with Gasteiger partial charge in [0.25, 0.3) is 0 Å². The second-order valence-electron chi connectivity index (χ2n) is 3.35. The molecule has 0 unspecified atom stereocenters. The van der Waals surface area contributed by atoms with E-state index in [0.29, 0.717) is 0 Å². The Balaban J connectivity index is 2.34. The van der Waals surface area contributed by atoms with Crippen molar-refractivity contribution in [3.63, 3.8) is 0 Å². The van der Waals surface area contributed by atoms with Crippen LogP contribution in [0, 0.1) is 5.92 Å². The highest BCUT2D eigenvalue weighted by molar-refractivity contribution is 5.52. The topological polar surface area (TPSA) is 12.0 Å². The van der Waals surface area contributed by atoms with Crippen LogP contribution in [-0.2, 0) is 6.42 Å². The van der Waals surface area contributed by atoms with Gasteiger partial charge in [0.05, 0.1) is 0 Å². The zero-order chi connectivity index (χ0) is 7.68. The molecule has 0 radical (unpaired) electrons. The number of hydrogen-bond acceptors (Lipinski definition) is 1. The van der Waals surface area contributed by atoms with Gasteiger partial charge in [0.1, 0.15) is 0 Å². The summed E-state index contributed by atoms with van der Waals surface area (Å²) in [6, 6.07) is 8.56. The van der Waals surface area contributed by atoms with Crippen molar-refractivity contribution in [1.29, 1.82) is 0 Å². The Morgan fingerprint density at radius 3 is 3.09 bits per heavy atom. The van der Waals surface area contributed by atoms with Gasteiger partial charge in [-0.15, -0.1) is 0 Å². The molecule has 58 valence electrons. The van der Waals surface area contributed by atoms with E-state index in [4.69, 9.17) is 0 Å². The van der Waals surface area contributed by atoms with E-state index >= 15 is 0 Å². The minimum absolute atomic E-state index is 0.782. The Labute approximate surface area is 67.4 Å². The van der Waals surface area contributed by atoms with Crippen LogP contribution in [0.2, 0.25) is 0 Å². The van der Waals surface area contributed by atoms with E-state index in [1.807, 2.05) is 0 Å². The first-order chi connectivity index (χ1) is 5.36. The number of fused-ring (bicyclic) bond motifs is 1. The summed E-state index contributed by atoms with van der Waals surface area (Å²) in [4.78, 5) is 0. The van der Waals surface area contributed by atoms with Gasteiger partial charge >= 0.3 is 0 Å². The summed E-state index contributed by atoms with van der Waals surface area (Å²) in [5.74, 6) is 0.782. The molecule has 0 spiro atoms. The SMILES string of the molecule is C[C@H]1CNc2ccccc2C1. The van der Waals surface area contributed by atoms with Crippen molar-refractivity contribution in [2.24, 2.45) is 5.92 Å². The van der Waals surface area contributed by atoms with Crippen LogP contribution in [0.25, 0.3) is 0 Å². The lowest BCUT2D eigenvalue weighted by Crippen LogP contribution is -2.20. The van der Waals surface area contributed by atoms with Crippen LogP contribution in [0.5, 0.6) is 0 Å². The van der Waals surface area contributed by atoms with Crippen LogP contribution >= 0.6 is 0 Å². The molecule has 1 nitrogen and oxygen atoms in total. The lowest BCUT2D eigenvalue weighted by Gasteiger charge is -2.22. The predicted octanol–water partition coefficient (Wildman–Crippen LogP) is 2.29. The summed E-state index contributed by atoms with van der Waals surface area (Å²) < 4.78 is 0. The van der Waals surface area contributed by atoms with E-state index in [-0.39, 0.29) is 0 Å². The molecule has 0 aliphatic carbocycles. The van der Waals surface area contributed by atoms with Crippen molar-refractivity contribution in [2.75, 3.05) is 11.9 Å².